The van der Waals surface area contributed by atoms with Crippen LogP contribution < -0.4 is 21.1 Å². The monoisotopic (exact) mass is 439 g/mol. The van der Waals surface area contributed by atoms with Gasteiger partial charge in [-0.25, -0.2) is 4.39 Å². The van der Waals surface area contributed by atoms with Crippen LogP contribution in [-0.4, -0.2) is 24.0 Å². The number of benzene rings is 2. The Kier molecular flexibility index (Phi) is 7.03. The second kappa shape index (κ2) is 9.89. The van der Waals surface area contributed by atoms with Crippen LogP contribution in [0.4, 0.5) is 21.5 Å². The summed E-state index contributed by atoms with van der Waals surface area (Å²) in [5.74, 6) is -0.503. The van der Waals surface area contributed by atoms with E-state index in [9.17, 15) is 14.4 Å². The zero-order chi connectivity index (χ0) is 22.4. The topological polar surface area (TPSA) is 113 Å². The minimum absolute atomic E-state index is 0.0554. The molecule has 0 unspecified atom stereocenters. The van der Waals surface area contributed by atoms with Gasteiger partial charge in [-0.05, 0) is 31.2 Å². The summed E-state index contributed by atoms with van der Waals surface area (Å²) in [6.45, 7) is 2.43. The highest BCUT2D eigenvalue weighted by atomic mass is 35.5. The van der Waals surface area contributed by atoms with Gasteiger partial charge in [0.15, 0.2) is 0 Å². The van der Waals surface area contributed by atoms with E-state index in [-0.39, 0.29) is 23.0 Å². The first-order chi connectivity index (χ1) is 15.0. The van der Waals surface area contributed by atoms with E-state index in [2.05, 4.69) is 21.7 Å². The number of amides is 1. The molecule has 9 heteroatoms. The number of hydrogen-bond donors (Lipinski definition) is 3. The SMILES string of the molecule is CCOc1cc2ncc(C#N)c(Nc3ccc(F)c(Cl)c3)c2cc1NC(=O)C=CCN. The molecule has 0 aliphatic rings. The van der Waals surface area contributed by atoms with Crippen molar-refractivity contribution < 1.29 is 13.9 Å². The van der Waals surface area contributed by atoms with Crippen LogP contribution in [0.15, 0.2) is 48.7 Å². The molecule has 3 aromatic rings. The van der Waals surface area contributed by atoms with Crippen LogP contribution in [0.25, 0.3) is 10.9 Å². The summed E-state index contributed by atoms with van der Waals surface area (Å²) in [7, 11) is 0. The van der Waals surface area contributed by atoms with Gasteiger partial charge in [0.25, 0.3) is 0 Å². The Morgan fingerprint density at radius 2 is 2.19 bits per heavy atom. The molecule has 1 aromatic heterocycles. The number of hydrogen-bond acceptors (Lipinski definition) is 6. The molecule has 3 rings (SSSR count). The fourth-order valence-electron chi connectivity index (χ4n) is 2.88. The molecule has 0 aliphatic carbocycles. The van der Waals surface area contributed by atoms with Crippen molar-refractivity contribution in [2.45, 2.75) is 6.92 Å². The van der Waals surface area contributed by atoms with Crippen LogP contribution in [0.5, 0.6) is 5.75 Å². The standard InChI is InChI=1S/C22H19ClFN5O2/c1-2-31-20-10-18-15(9-19(20)29-21(30)4-3-7-25)22(13(11-26)12-27-18)28-14-5-6-17(24)16(23)8-14/h3-6,8-10,12H,2,7,25H2,1H3,(H,27,28)(H,29,30). The van der Waals surface area contributed by atoms with Gasteiger partial charge in [-0.1, -0.05) is 17.7 Å². The number of rotatable bonds is 7. The fourth-order valence-corrected chi connectivity index (χ4v) is 3.06. The summed E-state index contributed by atoms with van der Waals surface area (Å²) >= 11 is 5.88. The molecule has 158 valence electrons. The predicted molar refractivity (Wildman–Crippen MR) is 119 cm³/mol. The van der Waals surface area contributed by atoms with Gasteiger partial charge in [0.05, 0.1) is 34.1 Å². The highest BCUT2D eigenvalue weighted by Gasteiger charge is 2.15. The lowest BCUT2D eigenvalue weighted by molar-refractivity contribution is -0.111. The maximum Gasteiger partial charge on any atom is 0.248 e. The maximum atomic E-state index is 13.5. The van der Waals surface area contributed by atoms with Crippen molar-refractivity contribution in [2.24, 2.45) is 5.73 Å². The van der Waals surface area contributed by atoms with Gasteiger partial charge < -0.3 is 21.1 Å². The normalized spacial score (nSPS) is 10.8. The first-order valence-corrected chi connectivity index (χ1v) is 9.74. The third-order valence-corrected chi connectivity index (χ3v) is 4.53. The summed E-state index contributed by atoms with van der Waals surface area (Å²) in [6, 6.07) is 9.56. The number of anilines is 3. The number of carbonyl (C=O) groups excluding carboxylic acids is 1. The minimum atomic E-state index is -0.552. The first kappa shape index (κ1) is 22.0. The van der Waals surface area contributed by atoms with Crippen LogP contribution in [0.2, 0.25) is 5.02 Å². The average molecular weight is 440 g/mol. The van der Waals surface area contributed by atoms with Crippen molar-refractivity contribution in [3.63, 3.8) is 0 Å². The molecule has 0 aliphatic heterocycles. The Morgan fingerprint density at radius 3 is 2.87 bits per heavy atom. The van der Waals surface area contributed by atoms with E-state index >= 15 is 0 Å². The predicted octanol–water partition coefficient (Wildman–Crippen LogP) is 4.49. The van der Waals surface area contributed by atoms with Gasteiger partial charge in [0, 0.05) is 36.0 Å². The summed E-state index contributed by atoms with van der Waals surface area (Å²) in [5, 5.41) is 15.9. The van der Waals surface area contributed by atoms with Crippen LogP contribution in [0, 0.1) is 17.1 Å². The molecule has 0 fully saturated rings. The molecule has 4 N–H and O–H groups in total. The number of ether oxygens (including phenoxy) is 1. The second-order valence-corrected chi connectivity index (χ2v) is 6.75. The van der Waals surface area contributed by atoms with Crippen molar-refractivity contribution in [3.8, 4) is 11.8 Å². The number of carbonyl (C=O) groups is 1. The average Bonchev–Trinajstić information content (AvgIpc) is 2.76. The zero-order valence-electron chi connectivity index (χ0n) is 16.6. The molecule has 0 saturated carbocycles. The van der Waals surface area contributed by atoms with E-state index < -0.39 is 5.82 Å². The molecule has 1 heterocycles. The number of aromatic nitrogens is 1. The molecule has 0 spiro atoms. The van der Waals surface area contributed by atoms with E-state index in [0.29, 0.717) is 40.3 Å². The Morgan fingerprint density at radius 1 is 1.39 bits per heavy atom. The number of nitrogens with zero attached hydrogens (tertiary/aromatic N) is 2. The van der Waals surface area contributed by atoms with Crippen molar-refractivity contribution in [2.75, 3.05) is 23.8 Å². The third kappa shape index (κ3) is 5.09. The zero-order valence-corrected chi connectivity index (χ0v) is 17.3. The van der Waals surface area contributed by atoms with Crippen molar-refractivity contribution in [1.29, 1.82) is 5.26 Å². The summed E-state index contributed by atoms with van der Waals surface area (Å²) < 4.78 is 19.2. The molecule has 0 atom stereocenters. The van der Waals surface area contributed by atoms with Crippen molar-refractivity contribution >= 4 is 45.5 Å². The summed E-state index contributed by atoms with van der Waals surface area (Å²) in [6.07, 6.45) is 4.27. The quantitative estimate of drug-likeness (QED) is 0.467. The van der Waals surface area contributed by atoms with E-state index in [1.807, 2.05) is 6.92 Å². The van der Waals surface area contributed by atoms with Crippen molar-refractivity contribution in [3.05, 3.63) is 65.1 Å². The molecule has 0 bridgehead atoms. The number of fused-ring (bicyclic) bond motifs is 1. The highest BCUT2D eigenvalue weighted by Crippen LogP contribution is 2.36. The molecular weight excluding hydrogens is 421 g/mol. The van der Waals surface area contributed by atoms with Gasteiger partial charge in [0.2, 0.25) is 5.91 Å². The number of nitrogens with two attached hydrogens (primary N) is 1. The van der Waals surface area contributed by atoms with Crippen LogP contribution in [0.1, 0.15) is 12.5 Å². The van der Waals surface area contributed by atoms with Crippen LogP contribution in [0.3, 0.4) is 0 Å². The fraction of sp³-hybridized carbons (Fsp3) is 0.136. The van der Waals surface area contributed by atoms with Crippen LogP contribution in [-0.2, 0) is 4.79 Å². The highest BCUT2D eigenvalue weighted by molar-refractivity contribution is 6.31. The Bertz CT molecular complexity index is 1210. The van der Waals surface area contributed by atoms with E-state index in [0.717, 1.165) is 0 Å². The Balaban J connectivity index is 2.14. The minimum Gasteiger partial charge on any atom is -0.492 e. The lowest BCUT2D eigenvalue weighted by Crippen LogP contribution is -2.11. The van der Waals surface area contributed by atoms with Gasteiger partial charge in [-0.2, -0.15) is 5.26 Å². The molecule has 1 amide bonds. The number of nitriles is 1. The van der Waals surface area contributed by atoms with E-state index in [1.54, 1.807) is 12.1 Å². The second-order valence-electron chi connectivity index (χ2n) is 6.34. The summed E-state index contributed by atoms with van der Waals surface area (Å²) in [4.78, 5) is 16.5. The smallest absolute Gasteiger partial charge is 0.248 e. The van der Waals surface area contributed by atoms with Gasteiger partial charge >= 0.3 is 0 Å². The molecule has 7 nitrogen and oxygen atoms in total. The molecular formula is C22H19ClFN5O2. The number of pyridine rings is 1. The van der Waals surface area contributed by atoms with Gasteiger partial charge in [-0.3, -0.25) is 9.78 Å². The molecule has 0 saturated heterocycles. The Hall–Kier alpha value is -3.67. The first-order valence-electron chi connectivity index (χ1n) is 9.36. The molecule has 0 radical (unpaired) electrons. The largest absolute Gasteiger partial charge is 0.492 e. The lowest BCUT2D eigenvalue weighted by atomic mass is 10.1. The molecule has 31 heavy (non-hydrogen) atoms. The van der Waals surface area contributed by atoms with Crippen LogP contribution >= 0.6 is 11.6 Å². The number of nitrogens with one attached hydrogen (secondary N) is 2. The summed E-state index contributed by atoms with van der Waals surface area (Å²) in [5.41, 5.74) is 7.52. The van der Waals surface area contributed by atoms with E-state index in [1.165, 1.54) is 36.5 Å². The lowest BCUT2D eigenvalue weighted by Gasteiger charge is -2.16. The van der Waals surface area contributed by atoms with Gasteiger partial charge in [-0.15, -0.1) is 0 Å². The molecule has 2 aromatic carbocycles. The maximum absolute atomic E-state index is 13.5. The Labute approximate surface area is 183 Å². The van der Waals surface area contributed by atoms with Crippen molar-refractivity contribution in [1.82, 2.24) is 4.98 Å². The third-order valence-electron chi connectivity index (χ3n) is 4.24. The van der Waals surface area contributed by atoms with E-state index in [4.69, 9.17) is 22.1 Å². The van der Waals surface area contributed by atoms with Gasteiger partial charge in [0.1, 0.15) is 17.6 Å². The number of halogens is 2.